The van der Waals surface area contributed by atoms with Gasteiger partial charge in [-0.25, -0.2) is 4.39 Å². The number of aromatic nitrogens is 2. The second kappa shape index (κ2) is 8.25. The average Bonchev–Trinajstić information content (AvgIpc) is 3.33. The average molecular weight is 367 g/mol. The molecule has 0 radical (unpaired) electrons. The van der Waals surface area contributed by atoms with E-state index in [1.54, 1.807) is 12.1 Å². The zero-order valence-corrected chi connectivity index (χ0v) is 15.0. The number of hydrogen-bond acceptors (Lipinski definition) is 5. The van der Waals surface area contributed by atoms with Gasteiger partial charge in [0.1, 0.15) is 5.82 Å². The van der Waals surface area contributed by atoms with Crippen molar-refractivity contribution in [2.75, 3.05) is 19.6 Å². The third-order valence-electron chi connectivity index (χ3n) is 4.91. The van der Waals surface area contributed by atoms with Crippen molar-refractivity contribution in [2.24, 2.45) is 5.92 Å². The van der Waals surface area contributed by atoms with Crippen molar-refractivity contribution in [1.82, 2.24) is 20.4 Å². The van der Waals surface area contributed by atoms with Gasteiger partial charge in [-0.1, -0.05) is 5.16 Å². The summed E-state index contributed by atoms with van der Waals surface area (Å²) in [5, 5.41) is 7.69. The molecular formula is C18H24ClFN4O. The number of nitrogens with zero attached hydrogens (tertiary/aromatic N) is 3. The molecule has 0 atom stereocenters. The molecule has 2 heterocycles. The lowest BCUT2D eigenvalue weighted by Gasteiger charge is -2.31. The Morgan fingerprint density at radius 1 is 1.12 bits per heavy atom. The summed E-state index contributed by atoms with van der Waals surface area (Å²) in [6.45, 7) is 3.98. The molecule has 136 valence electrons. The molecule has 25 heavy (non-hydrogen) atoms. The van der Waals surface area contributed by atoms with E-state index in [0.29, 0.717) is 24.3 Å². The summed E-state index contributed by atoms with van der Waals surface area (Å²) >= 11 is 0. The first-order chi connectivity index (χ1) is 11.8. The summed E-state index contributed by atoms with van der Waals surface area (Å²) in [6, 6.07) is 6.80. The zero-order chi connectivity index (χ0) is 16.4. The van der Waals surface area contributed by atoms with Crippen LogP contribution < -0.4 is 5.32 Å². The van der Waals surface area contributed by atoms with E-state index >= 15 is 0 Å². The van der Waals surface area contributed by atoms with Crippen molar-refractivity contribution in [2.45, 2.75) is 38.3 Å². The first-order valence-electron chi connectivity index (χ1n) is 8.80. The number of benzene rings is 1. The highest BCUT2D eigenvalue weighted by Gasteiger charge is 2.25. The Morgan fingerprint density at radius 3 is 2.52 bits per heavy atom. The lowest BCUT2D eigenvalue weighted by Crippen LogP contribution is -2.42. The second-order valence-corrected chi connectivity index (χ2v) is 6.92. The molecule has 1 aliphatic carbocycles. The van der Waals surface area contributed by atoms with Crippen molar-refractivity contribution >= 4 is 12.4 Å². The molecule has 1 aliphatic heterocycles. The van der Waals surface area contributed by atoms with E-state index < -0.39 is 0 Å². The predicted molar refractivity (Wildman–Crippen MR) is 96.0 cm³/mol. The standard InChI is InChI=1S/C18H23FN4O.ClH/c19-15-5-3-14(4-6-15)18-21-17(24-22-18)12-23-9-7-16(8-10-23)20-11-13-1-2-13;/h3-6,13,16,20H,1-2,7-12H2;1H. The fraction of sp³-hybridized carbons (Fsp3) is 0.556. The van der Waals surface area contributed by atoms with Crippen LogP contribution in [0.3, 0.4) is 0 Å². The molecule has 2 fully saturated rings. The first kappa shape index (κ1) is 18.3. The minimum Gasteiger partial charge on any atom is -0.338 e. The largest absolute Gasteiger partial charge is 0.338 e. The van der Waals surface area contributed by atoms with Crippen LogP contribution in [0, 0.1) is 11.7 Å². The summed E-state index contributed by atoms with van der Waals surface area (Å²) in [7, 11) is 0. The van der Waals surface area contributed by atoms with Crippen molar-refractivity contribution in [3.8, 4) is 11.4 Å². The number of halogens is 2. The summed E-state index contributed by atoms with van der Waals surface area (Å²) in [5.41, 5.74) is 0.773. The maximum Gasteiger partial charge on any atom is 0.241 e. The molecule has 0 unspecified atom stereocenters. The highest BCUT2D eigenvalue weighted by Crippen LogP contribution is 2.28. The lowest BCUT2D eigenvalue weighted by molar-refractivity contribution is 0.170. The number of piperidine rings is 1. The van der Waals surface area contributed by atoms with Gasteiger partial charge in [-0.3, -0.25) is 4.90 Å². The highest BCUT2D eigenvalue weighted by atomic mass is 35.5. The molecule has 1 aromatic heterocycles. The van der Waals surface area contributed by atoms with Crippen molar-refractivity contribution in [3.63, 3.8) is 0 Å². The summed E-state index contributed by atoms with van der Waals surface area (Å²) in [6.07, 6.45) is 5.15. The second-order valence-electron chi connectivity index (χ2n) is 6.92. The first-order valence-corrected chi connectivity index (χ1v) is 8.80. The van der Waals surface area contributed by atoms with Gasteiger partial charge < -0.3 is 9.84 Å². The third-order valence-corrected chi connectivity index (χ3v) is 4.91. The van der Waals surface area contributed by atoms with Gasteiger partial charge >= 0.3 is 0 Å². The molecule has 2 aliphatic rings. The predicted octanol–water partition coefficient (Wildman–Crippen LogP) is 3.26. The molecule has 1 saturated carbocycles. The number of likely N-dealkylation sites (tertiary alicyclic amines) is 1. The SMILES string of the molecule is Cl.Fc1ccc(-c2noc(CN3CCC(NCC4CC4)CC3)n2)cc1. The minimum atomic E-state index is -0.263. The van der Waals surface area contributed by atoms with Gasteiger partial charge in [0.15, 0.2) is 0 Å². The van der Waals surface area contributed by atoms with Gasteiger partial charge in [0.05, 0.1) is 6.54 Å². The molecule has 0 bridgehead atoms. The van der Waals surface area contributed by atoms with Gasteiger partial charge in [-0.05, 0) is 62.4 Å². The van der Waals surface area contributed by atoms with Crippen LogP contribution in [-0.2, 0) is 6.54 Å². The van der Waals surface area contributed by atoms with E-state index in [1.807, 2.05) is 0 Å². The minimum absolute atomic E-state index is 0. The van der Waals surface area contributed by atoms with Crippen LogP contribution in [0.4, 0.5) is 4.39 Å². The smallest absolute Gasteiger partial charge is 0.241 e. The third kappa shape index (κ3) is 5.00. The molecule has 0 amide bonds. The highest BCUT2D eigenvalue weighted by molar-refractivity contribution is 5.85. The van der Waals surface area contributed by atoms with E-state index in [9.17, 15) is 4.39 Å². The van der Waals surface area contributed by atoms with E-state index in [1.165, 1.54) is 44.4 Å². The van der Waals surface area contributed by atoms with Gasteiger partial charge in [-0.15, -0.1) is 12.4 Å². The molecule has 1 aromatic carbocycles. The summed E-state index contributed by atoms with van der Waals surface area (Å²) < 4.78 is 18.3. The summed E-state index contributed by atoms with van der Waals surface area (Å²) in [5.74, 6) is 1.82. The maximum absolute atomic E-state index is 13.0. The van der Waals surface area contributed by atoms with E-state index in [-0.39, 0.29) is 18.2 Å². The fourth-order valence-corrected chi connectivity index (χ4v) is 3.18. The van der Waals surface area contributed by atoms with Gasteiger partial charge in [-0.2, -0.15) is 4.98 Å². The summed E-state index contributed by atoms with van der Waals surface area (Å²) in [4.78, 5) is 6.79. The Labute approximate surface area is 153 Å². The zero-order valence-electron chi connectivity index (χ0n) is 14.2. The van der Waals surface area contributed by atoms with Crippen molar-refractivity contribution in [3.05, 3.63) is 36.0 Å². The Bertz CT molecular complexity index is 666. The molecule has 0 spiro atoms. The number of hydrogen-bond donors (Lipinski definition) is 1. The van der Waals surface area contributed by atoms with Gasteiger partial charge in [0, 0.05) is 24.7 Å². The topological polar surface area (TPSA) is 54.2 Å². The van der Waals surface area contributed by atoms with E-state index in [2.05, 4.69) is 20.4 Å². The van der Waals surface area contributed by atoms with Crippen LogP contribution in [0.1, 0.15) is 31.6 Å². The quantitative estimate of drug-likeness (QED) is 0.850. The molecule has 4 rings (SSSR count). The normalized spacial score (nSPS) is 18.9. The van der Waals surface area contributed by atoms with Crippen molar-refractivity contribution in [1.29, 1.82) is 0 Å². The van der Waals surface area contributed by atoms with Crippen LogP contribution >= 0.6 is 12.4 Å². The van der Waals surface area contributed by atoms with E-state index in [4.69, 9.17) is 4.52 Å². The monoisotopic (exact) mass is 366 g/mol. The van der Waals surface area contributed by atoms with Gasteiger partial charge in [0.25, 0.3) is 0 Å². The van der Waals surface area contributed by atoms with Crippen LogP contribution in [0.2, 0.25) is 0 Å². The maximum atomic E-state index is 13.0. The molecule has 2 aromatic rings. The lowest BCUT2D eigenvalue weighted by atomic mass is 10.0. The van der Waals surface area contributed by atoms with Crippen molar-refractivity contribution < 1.29 is 8.91 Å². The van der Waals surface area contributed by atoms with E-state index in [0.717, 1.165) is 24.6 Å². The molecular weight excluding hydrogens is 343 g/mol. The Balaban J connectivity index is 0.00000182. The molecule has 5 nitrogen and oxygen atoms in total. The number of rotatable bonds is 6. The Morgan fingerprint density at radius 2 is 1.84 bits per heavy atom. The molecule has 1 N–H and O–H groups in total. The van der Waals surface area contributed by atoms with Crippen LogP contribution in [0.5, 0.6) is 0 Å². The van der Waals surface area contributed by atoms with Crippen LogP contribution in [-0.4, -0.2) is 40.7 Å². The van der Waals surface area contributed by atoms with Crippen LogP contribution in [0.25, 0.3) is 11.4 Å². The molecule has 7 heteroatoms. The Hall–Kier alpha value is -1.50. The fourth-order valence-electron chi connectivity index (χ4n) is 3.18. The number of nitrogens with one attached hydrogen (secondary N) is 1. The Kier molecular flexibility index (Phi) is 6.04. The van der Waals surface area contributed by atoms with Crippen LogP contribution in [0.15, 0.2) is 28.8 Å². The molecule has 1 saturated heterocycles. The van der Waals surface area contributed by atoms with Gasteiger partial charge in [0.2, 0.25) is 11.7 Å².